The van der Waals surface area contributed by atoms with Gasteiger partial charge in [0.25, 0.3) is 0 Å². The molecular weight excluding hydrogens is 388 g/mol. The zero-order chi connectivity index (χ0) is 20.4. The Morgan fingerprint density at radius 2 is 2.04 bits per heavy atom. The maximum Gasteiger partial charge on any atom is 0.160 e. The molecule has 0 aliphatic rings. The lowest BCUT2D eigenvalue weighted by atomic mass is 10.1. The van der Waals surface area contributed by atoms with Gasteiger partial charge in [0.2, 0.25) is 0 Å². The molecule has 0 saturated heterocycles. The van der Waals surface area contributed by atoms with Gasteiger partial charge in [0.05, 0.1) is 13.3 Å². The Bertz CT molecular complexity index is 1010. The first-order valence-electron chi connectivity index (χ1n) is 8.60. The molecule has 0 aliphatic carbocycles. The summed E-state index contributed by atoms with van der Waals surface area (Å²) in [6.45, 7) is 4.19. The van der Waals surface area contributed by atoms with Crippen LogP contribution in [0, 0.1) is 18.6 Å². The number of nitrogens with zero attached hydrogens (tertiary/aromatic N) is 2. The topological polar surface area (TPSA) is 59.3 Å². The van der Waals surface area contributed by atoms with Crippen molar-refractivity contribution in [2.45, 2.75) is 26.4 Å². The molecule has 0 spiro atoms. The summed E-state index contributed by atoms with van der Waals surface area (Å²) in [7, 11) is 1.47. The number of hydrogen-bond donors (Lipinski definition) is 2. The number of phenols is 1. The van der Waals surface area contributed by atoms with Gasteiger partial charge in [-0.1, -0.05) is 11.6 Å². The molecule has 5 nitrogen and oxygen atoms in total. The maximum atomic E-state index is 14.1. The fourth-order valence-corrected chi connectivity index (χ4v) is 3.22. The van der Waals surface area contributed by atoms with Gasteiger partial charge < -0.3 is 15.2 Å². The lowest BCUT2D eigenvalue weighted by Gasteiger charge is -2.16. The van der Waals surface area contributed by atoms with Gasteiger partial charge in [-0.15, -0.1) is 0 Å². The summed E-state index contributed by atoms with van der Waals surface area (Å²) in [6, 6.07) is 6.37. The Labute approximate surface area is 166 Å². The van der Waals surface area contributed by atoms with E-state index < -0.39 is 11.6 Å². The summed E-state index contributed by atoms with van der Waals surface area (Å²) >= 11 is 6.19. The molecular formula is C20H20ClF2N3O2. The summed E-state index contributed by atoms with van der Waals surface area (Å²) in [4.78, 5) is 0. The van der Waals surface area contributed by atoms with Crippen molar-refractivity contribution in [1.82, 2.24) is 15.1 Å². The fraction of sp³-hybridized carbons (Fsp3) is 0.250. The van der Waals surface area contributed by atoms with Crippen LogP contribution >= 0.6 is 11.6 Å². The number of methoxy groups -OCH3 is 1. The number of benzene rings is 2. The summed E-state index contributed by atoms with van der Waals surface area (Å²) in [5.74, 6) is -1.00. The molecule has 0 radical (unpaired) electrons. The van der Waals surface area contributed by atoms with E-state index in [1.807, 2.05) is 13.8 Å². The Morgan fingerprint density at radius 1 is 1.29 bits per heavy atom. The lowest BCUT2D eigenvalue weighted by molar-refractivity contribution is 0.372. The van der Waals surface area contributed by atoms with Gasteiger partial charge >= 0.3 is 0 Å². The van der Waals surface area contributed by atoms with Crippen LogP contribution in [0.15, 0.2) is 36.5 Å². The Balaban J connectivity index is 1.79. The van der Waals surface area contributed by atoms with Crippen LogP contribution in [-0.4, -0.2) is 22.0 Å². The molecule has 2 N–H and O–H groups in total. The second kappa shape index (κ2) is 8.16. The number of rotatable bonds is 6. The highest BCUT2D eigenvalue weighted by atomic mass is 35.5. The van der Waals surface area contributed by atoms with Gasteiger partial charge in [-0.2, -0.15) is 5.10 Å². The van der Waals surface area contributed by atoms with Crippen LogP contribution in [0.3, 0.4) is 0 Å². The molecule has 1 atom stereocenters. The first-order valence-corrected chi connectivity index (χ1v) is 8.98. The third-order valence-electron chi connectivity index (χ3n) is 4.60. The summed E-state index contributed by atoms with van der Waals surface area (Å²) in [5.41, 5.74) is 2.55. The fourth-order valence-electron chi connectivity index (χ4n) is 3.00. The molecule has 0 fully saturated rings. The van der Waals surface area contributed by atoms with Crippen molar-refractivity contribution in [3.05, 3.63) is 70.0 Å². The van der Waals surface area contributed by atoms with Gasteiger partial charge in [-0.25, -0.2) is 13.5 Å². The van der Waals surface area contributed by atoms with Gasteiger partial charge in [0.1, 0.15) is 11.5 Å². The Morgan fingerprint density at radius 3 is 2.71 bits per heavy atom. The SMILES string of the molecule is COc1cc(CN[C@H](C)c2cnn(-c3ccc(F)cc3F)c2C)c(Cl)cc1O. The van der Waals surface area contributed by atoms with Gasteiger partial charge in [0, 0.05) is 41.0 Å². The molecule has 3 aromatic rings. The number of aromatic hydroxyl groups is 1. The van der Waals surface area contributed by atoms with Crippen LogP contribution in [0.2, 0.25) is 5.02 Å². The average Bonchev–Trinajstić information content (AvgIpc) is 3.02. The first-order chi connectivity index (χ1) is 13.3. The van der Waals surface area contributed by atoms with E-state index in [4.69, 9.17) is 16.3 Å². The van der Waals surface area contributed by atoms with Gasteiger partial charge in [-0.3, -0.25) is 0 Å². The quantitative estimate of drug-likeness (QED) is 0.623. The predicted molar refractivity (Wildman–Crippen MR) is 103 cm³/mol. The Hall–Kier alpha value is -2.64. The molecule has 0 amide bonds. The monoisotopic (exact) mass is 407 g/mol. The number of ether oxygens (including phenoxy) is 1. The van der Waals surface area contributed by atoms with E-state index in [9.17, 15) is 13.9 Å². The molecule has 3 rings (SSSR count). The highest BCUT2D eigenvalue weighted by Crippen LogP contribution is 2.32. The van der Waals surface area contributed by atoms with Crippen molar-refractivity contribution in [3.63, 3.8) is 0 Å². The zero-order valence-corrected chi connectivity index (χ0v) is 16.4. The number of aromatic nitrogens is 2. The van der Waals surface area contributed by atoms with Crippen molar-refractivity contribution in [2.24, 2.45) is 0 Å². The van der Waals surface area contributed by atoms with E-state index in [1.54, 1.807) is 12.3 Å². The number of hydrogen-bond acceptors (Lipinski definition) is 4. The molecule has 0 bridgehead atoms. The van der Waals surface area contributed by atoms with Crippen LogP contribution < -0.4 is 10.1 Å². The van der Waals surface area contributed by atoms with Crippen LogP contribution in [0.25, 0.3) is 5.69 Å². The van der Waals surface area contributed by atoms with Crippen LogP contribution in [-0.2, 0) is 6.54 Å². The molecule has 1 heterocycles. The minimum atomic E-state index is -0.679. The predicted octanol–water partition coefficient (Wildman–Crippen LogP) is 4.68. The smallest absolute Gasteiger partial charge is 0.160 e. The highest BCUT2D eigenvalue weighted by Gasteiger charge is 2.17. The zero-order valence-electron chi connectivity index (χ0n) is 15.6. The lowest BCUT2D eigenvalue weighted by Crippen LogP contribution is -2.19. The van der Waals surface area contributed by atoms with Crippen LogP contribution in [0.1, 0.15) is 29.8 Å². The number of nitrogens with one attached hydrogen (secondary N) is 1. The normalized spacial score (nSPS) is 12.2. The van der Waals surface area contributed by atoms with E-state index >= 15 is 0 Å². The standard InChI is InChI=1S/C20H20ClF2N3O2/c1-11(24-9-13-6-20(28-3)19(27)8-16(13)21)15-10-25-26(12(15)2)18-5-4-14(22)7-17(18)23/h4-8,10-11,24,27H,9H2,1-3H3/t11-/m1/s1. The molecule has 0 unspecified atom stereocenters. The molecule has 8 heteroatoms. The van der Waals surface area contributed by atoms with E-state index in [2.05, 4.69) is 10.4 Å². The summed E-state index contributed by atoms with van der Waals surface area (Å²) in [6.07, 6.45) is 1.65. The molecule has 0 saturated carbocycles. The first kappa shape index (κ1) is 20.1. The minimum Gasteiger partial charge on any atom is -0.504 e. The van der Waals surface area contributed by atoms with Crippen molar-refractivity contribution < 1.29 is 18.6 Å². The molecule has 28 heavy (non-hydrogen) atoms. The molecule has 2 aromatic carbocycles. The van der Waals surface area contributed by atoms with Crippen molar-refractivity contribution >= 4 is 11.6 Å². The number of halogens is 3. The largest absolute Gasteiger partial charge is 0.504 e. The van der Waals surface area contributed by atoms with E-state index in [0.29, 0.717) is 17.3 Å². The minimum absolute atomic E-state index is 0.0252. The maximum absolute atomic E-state index is 14.1. The van der Waals surface area contributed by atoms with E-state index in [1.165, 1.54) is 30.0 Å². The van der Waals surface area contributed by atoms with Crippen molar-refractivity contribution in [3.8, 4) is 17.2 Å². The molecule has 0 aliphatic heterocycles. The van der Waals surface area contributed by atoms with Gasteiger partial charge in [-0.05, 0) is 37.6 Å². The van der Waals surface area contributed by atoms with Crippen LogP contribution in [0.4, 0.5) is 8.78 Å². The second-order valence-corrected chi connectivity index (χ2v) is 6.82. The van der Waals surface area contributed by atoms with E-state index in [0.717, 1.165) is 22.9 Å². The van der Waals surface area contributed by atoms with Crippen LogP contribution in [0.5, 0.6) is 11.5 Å². The van der Waals surface area contributed by atoms with Crippen molar-refractivity contribution in [2.75, 3.05) is 7.11 Å². The molecule has 148 valence electrons. The third kappa shape index (κ3) is 3.95. The summed E-state index contributed by atoms with van der Waals surface area (Å²) in [5, 5.41) is 17.8. The molecule has 1 aromatic heterocycles. The van der Waals surface area contributed by atoms with E-state index in [-0.39, 0.29) is 17.5 Å². The second-order valence-electron chi connectivity index (χ2n) is 6.41. The number of phenolic OH excluding ortho intramolecular Hbond substituents is 1. The summed E-state index contributed by atoms with van der Waals surface area (Å²) < 4.78 is 33.8. The third-order valence-corrected chi connectivity index (χ3v) is 4.95. The highest BCUT2D eigenvalue weighted by molar-refractivity contribution is 6.31. The van der Waals surface area contributed by atoms with Crippen molar-refractivity contribution in [1.29, 1.82) is 0 Å². The van der Waals surface area contributed by atoms with Gasteiger partial charge in [0.15, 0.2) is 17.3 Å². The average molecular weight is 408 g/mol. The Kier molecular flexibility index (Phi) is 5.86.